The largest absolute Gasteiger partial charge is 0.466 e. The summed E-state index contributed by atoms with van der Waals surface area (Å²) >= 11 is 0. The first kappa shape index (κ1) is 19.7. The highest BCUT2D eigenvalue weighted by Gasteiger charge is 2.12. The fourth-order valence-electron chi connectivity index (χ4n) is 2.28. The molecule has 0 unspecified atom stereocenters. The van der Waals surface area contributed by atoms with Gasteiger partial charge in [-0.1, -0.05) is 44.7 Å². The molecule has 0 saturated heterocycles. The maximum Gasteiger partial charge on any atom is 0.354 e. The predicted molar refractivity (Wildman–Crippen MR) is 94.6 cm³/mol. The summed E-state index contributed by atoms with van der Waals surface area (Å²) in [5, 5.41) is 2.89. The Morgan fingerprint density at radius 2 is 1.67 bits per heavy atom. The molecule has 1 rings (SSSR count). The molecule has 5 heteroatoms. The van der Waals surface area contributed by atoms with Crippen molar-refractivity contribution in [3.05, 3.63) is 41.6 Å². The van der Waals surface area contributed by atoms with Crippen molar-refractivity contribution in [2.45, 2.75) is 45.4 Å². The number of carbonyl (C=O) groups is 2. The Morgan fingerprint density at radius 3 is 2.25 bits per heavy atom. The summed E-state index contributed by atoms with van der Waals surface area (Å²) < 4.78 is 9.20. The summed E-state index contributed by atoms with van der Waals surface area (Å²) in [6.07, 6.45) is 8.40. The van der Waals surface area contributed by atoms with Crippen LogP contribution in [0.4, 0.5) is 5.69 Å². The third kappa shape index (κ3) is 7.31. The molecular weight excluding hydrogens is 306 g/mol. The molecule has 0 heterocycles. The number of hydrogen-bond donors (Lipinski definition) is 1. The number of esters is 2. The van der Waals surface area contributed by atoms with E-state index in [-0.39, 0.29) is 5.70 Å². The standard InChI is InChI=1S/C19H27NO4/c1-4-5-6-7-8-9-15-10-12-16(13-11-15)20-17(19(22)24-3)14-18(21)23-2/h10-14,20H,4-9H2,1-3H3/b17-14+. The minimum atomic E-state index is -0.625. The summed E-state index contributed by atoms with van der Waals surface area (Å²) in [7, 11) is 2.51. The third-order valence-electron chi connectivity index (χ3n) is 3.67. The van der Waals surface area contributed by atoms with Crippen LogP contribution in [0.1, 0.15) is 44.6 Å². The predicted octanol–water partition coefficient (Wildman–Crippen LogP) is 3.84. The highest BCUT2D eigenvalue weighted by molar-refractivity contribution is 5.98. The lowest BCUT2D eigenvalue weighted by Crippen LogP contribution is -2.15. The number of rotatable bonds is 10. The van der Waals surface area contributed by atoms with Gasteiger partial charge in [0, 0.05) is 5.69 Å². The van der Waals surface area contributed by atoms with Crippen LogP contribution in [0.2, 0.25) is 0 Å². The van der Waals surface area contributed by atoms with Crippen LogP contribution in [0.5, 0.6) is 0 Å². The number of carbonyl (C=O) groups excluding carboxylic acids is 2. The van der Waals surface area contributed by atoms with Crippen molar-refractivity contribution >= 4 is 17.6 Å². The van der Waals surface area contributed by atoms with Gasteiger partial charge in [0.1, 0.15) is 5.70 Å². The molecule has 24 heavy (non-hydrogen) atoms. The van der Waals surface area contributed by atoms with Gasteiger partial charge >= 0.3 is 11.9 Å². The summed E-state index contributed by atoms with van der Waals surface area (Å²) in [5.74, 6) is -1.24. The average molecular weight is 333 g/mol. The number of benzene rings is 1. The lowest BCUT2D eigenvalue weighted by molar-refractivity contribution is -0.138. The van der Waals surface area contributed by atoms with E-state index >= 15 is 0 Å². The molecule has 0 atom stereocenters. The normalized spacial score (nSPS) is 11.0. The molecule has 0 aliphatic heterocycles. The van der Waals surface area contributed by atoms with E-state index in [1.165, 1.54) is 51.9 Å². The zero-order chi connectivity index (χ0) is 17.8. The van der Waals surface area contributed by atoms with E-state index in [4.69, 9.17) is 0 Å². The molecule has 0 spiro atoms. The number of ether oxygens (including phenoxy) is 2. The molecule has 0 aromatic heterocycles. The second kappa shape index (κ2) is 11.3. The molecule has 1 N–H and O–H groups in total. The highest BCUT2D eigenvalue weighted by atomic mass is 16.5. The topological polar surface area (TPSA) is 64.6 Å². The average Bonchev–Trinajstić information content (AvgIpc) is 2.61. The Labute approximate surface area is 144 Å². The van der Waals surface area contributed by atoms with Crippen molar-refractivity contribution in [3.63, 3.8) is 0 Å². The molecule has 0 amide bonds. The maximum absolute atomic E-state index is 11.7. The molecule has 0 aliphatic rings. The van der Waals surface area contributed by atoms with Crippen LogP contribution in [-0.2, 0) is 25.5 Å². The molecule has 0 radical (unpaired) electrons. The molecule has 1 aromatic rings. The number of unbranched alkanes of at least 4 members (excludes halogenated alkanes) is 4. The summed E-state index contributed by atoms with van der Waals surface area (Å²) in [6.45, 7) is 2.21. The quantitative estimate of drug-likeness (QED) is 0.400. The van der Waals surface area contributed by atoms with Crippen molar-refractivity contribution in [2.75, 3.05) is 19.5 Å². The summed E-state index contributed by atoms with van der Waals surface area (Å²) in [6, 6.07) is 7.81. The van der Waals surface area contributed by atoms with Crippen molar-refractivity contribution in [1.29, 1.82) is 0 Å². The summed E-state index contributed by atoms with van der Waals surface area (Å²) in [5.41, 5.74) is 2.01. The number of nitrogens with one attached hydrogen (secondary N) is 1. The van der Waals surface area contributed by atoms with Crippen LogP contribution in [0, 0.1) is 0 Å². The van der Waals surface area contributed by atoms with Gasteiger partial charge in [-0.2, -0.15) is 0 Å². The molecule has 132 valence electrons. The molecule has 1 aromatic carbocycles. The van der Waals surface area contributed by atoms with Gasteiger partial charge < -0.3 is 14.8 Å². The first-order chi connectivity index (χ1) is 11.6. The first-order valence-electron chi connectivity index (χ1n) is 8.34. The Bertz CT molecular complexity index is 549. The SMILES string of the molecule is CCCCCCCc1ccc(N/C(=C/C(=O)OC)C(=O)OC)cc1. The van der Waals surface area contributed by atoms with E-state index in [9.17, 15) is 9.59 Å². The van der Waals surface area contributed by atoms with Crippen molar-refractivity contribution < 1.29 is 19.1 Å². The smallest absolute Gasteiger partial charge is 0.354 e. The van der Waals surface area contributed by atoms with Gasteiger partial charge in [-0.25, -0.2) is 9.59 Å². The van der Waals surface area contributed by atoms with Crippen LogP contribution in [0.3, 0.4) is 0 Å². The Balaban J connectivity index is 2.61. The van der Waals surface area contributed by atoms with E-state index in [1.54, 1.807) is 0 Å². The highest BCUT2D eigenvalue weighted by Crippen LogP contribution is 2.15. The minimum absolute atomic E-state index is 0.0386. The molecule has 5 nitrogen and oxygen atoms in total. The van der Waals surface area contributed by atoms with Crippen molar-refractivity contribution in [2.24, 2.45) is 0 Å². The van der Waals surface area contributed by atoms with Crippen LogP contribution >= 0.6 is 0 Å². The molecule has 0 bridgehead atoms. The Morgan fingerprint density at radius 1 is 1.00 bits per heavy atom. The molecule has 0 aliphatic carbocycles. The Hall–Kier alpha value is -2.30. The number of methoxy groups -OCH3 is 2. The van der Waals surface area contributed by atoms with Crippen LogP contribution < -0.4 is 5.32 Å². The lowest BCUT2D eigenvalue weighted by atomic mass is 10.1. The fraction of sp³-hybridized carbons (Fsp3) is 0.474. The zero-order valence-corrected chi connectivity index (χ0v) is 14.8. The molecule has 0 fully saturated rings. The second-order valence-electron chi connectivity index (χ2n) is 5.56. The van der Waals surface area contributed by atoms with Crippen LogP contribution in [0.25, 0.3) is 0 Å². The van der Waals surface area contributed by atoms with Gasteiger partial charge in [0.2, 0.25) is 0 Å². The number of anilines is 1. The van der Waals surface area contributed by atoms with E-state index in [1.807, 2.05) is 24.3 Å². The van der Waals surface area contributed by atoms with Crippen LogP contribution in [-0.4, -0.2) is 26.2 Å². The zero-order valence-electron chi connectivity index (χ0n) is 14.8. The Kier molecular flexibility index (Phi) is 9.27. The fourth-order valence-corrected chi connectivity index (χ4v) is 2.28. The number of hydrogen-bond acceptors (Lipinski definition) is 5. The monoisotopic (exact) mass is 333 g/mol. The van der Waals surface area contributed by atoms with Gasteiger partial charge in [-0.3, -0.25) is 0 Å². The van der Waals surface area contributed by atoms with E-state index in [0.717, 1.165) is 12.5 Å². The summed E-state index contributed by atoms with van der Waals surface area (Å²) in [4.78, 5) is 23.0. The molecule has 0 saturated carbocycles. The second-order valence-corrected chi connectivity index (χ2v) is 5.56. The number of aryl methyl sites for hydroxylation is 1. The van der Waals surface area contributed by atoms with Gasteiger partial charge in [-0.05, 0) is 30.5 Å². The van der Waals surface area contributed by atoms with Gasteiger partial charge in [0.15, 0.2) is 0 Å². The van der Waals surface area contributed by atoms with Gasteiger partial charge in [-0.15, -0.1) is 0 Å². The lowest BCUT2D eigenvalue weighted by Gasteiger charge is -2.10. The maximum atomic E-state index is 11.7. The van der Waals surface area contributed by atoms with Gasteiger partial charge in [0.05, 0.1) is 20.3 Å². The van der Waals surface area contributed by atoms with Crippen molar-refractivity contribution in [3.8, 4) is 0 Å². The minimum Gasteiger partial charge on any atom is -0.466 e. The van der Waals surface area contributed by atoms with Gasteiger partial charge in [0.25, 0.3) is 0 Å². The van der Waals surface area contributed by atoms with Crippen molar-refractivity contribution in [1.82, 2.24) is 0 Å². The molecular formula is C19H27NO4. The van der Waals surface area contributed by atoms with E-state index in [0.29, 0.717) is 5.69 Å². The third-order valence-corrected chi connectivity index (χ3v) is 3.67. The van der Waals surface area contributed by atoms with E-state index in [2.05, 4.69) is 21.7 Å². The van der Waals surface area contributed by atoms with E-state index < -0.39 is 11.9 Å². The first-order valence-corrected chi connectivity index (χ1v) is 8.34. The van der Waals surface area contributed by atoms with Crippen LogP contribution in [0.15, 0.2) is 36.0 Å².